The SMILES string of the molecule is O=Nc1cc(S(=O)(=O)O)c2ccccc2c1O.[H-].[Na+]. The summed E-state index contributed by atoms with van der Waals surface area (Å²) in [6.45, 7) is 0. The summed E-state index contributed by atoms with van der Waals surface area (Å²) >= 11 is 0. The molecule has 0 amide bonds. The van der Waals surface area contributed by atoms with Gasteiger partial charge in [-0.15, -0.1) is 4.91 Å². The Hall–Kier alpha value is -0.990. The molecule has 0 aliphatic rings. The van der Waals surface area contributed by atoms with Crippen molar-refractivity contribution in [1.82, 2.24) is 0 Å². The molecule has 0 unspecified atom stereocenters. The number of phenols is 1. The topological polar surface area (TPSA) is 104 Å². The number of aromatic hydroxyl groups is 1. The zero-order chi connectivity index (χ0) is 12.6. The van der Waals surface area contributed by atoms with Crippen molar-refractivity contribution in [1.29, 1.82) is 0 Å². The van der Waals surface area contributed by atoms with E-state index in [4.69, 9.17) is 4.55 Å². The molecule has 0 aliphatic heterocycles. The maximum absolute atomic E-state index is 11.2. The molecule has 0 aliphatic carbocycles. The summed E-state index contributed by atoms with van der Waals surface area (Å²) in [6.07, 6.45) is 0. The van der Waals surface area contributed by atoms with Crippen LogP contribution in [-0.2, 0) is 10.1 Å². The van der Waals surface area contributed by atoms with Crippen LogP contribution in [0.1, 0.15) is 1.43 Å². The Morgan fingerprint density at radius 3 is 2.22 bits per heavy atom. The molecule has 90 valence electrons. The molecule has 6 nitrogen and oxygen atoms in total. The van der Waals surface area contributed by atoms with Gasteiger partial charge in [-0.1, -0.05) is 24.3 Å². The second-order valence-electron chi connectivity index (χ2n) is 3.35. The molecule has 0 saturated heterocycles. The minimum Gasteiger partial charge on any atom is -1.00 e. The third-order valence-electron chi connectivity index (χ3n) is 2.33. The van der Waals surface area contributed by atoms with Crippen molar-refractivity contribution >= 4 is 26.6 Å². The molecule has 0 bridgehead atoms. The maximum Gasteiger partial charge on any atom is 1.00 e. The maximum atomic E-state index is 11.2. The Bertz CT molecular complexity index is 719. The summed E-state index contributed by atoms with van der Waals surface area (Å²) in [6, 6.07) is 6.77. The first-order chi connectivity index (χ1) is 7.95. The van der Waals surface area contributed by atoms with Crippen LogP contribution in [0.2, 0.25) is 0 Å². The van der Waals surface area contributed by atoms with E-state index in [2.05, 4.69) is 5.18 Å². The zero-order valence-electron chi connectivity index (χ0n) is 10.4. The molecule has 0 atom stereocenters. The minimum absolute atomic E-state index is 0. The first kappa shape index (κ1) is 15.1. The van der Waals surface area contributed by atoms with E-state index < -0.39 is 26.5 Å². The van der Waals surface area contributed by atoms with E-state index in [1.54, 1.807) is 12.1 Å². The van der Waals surface area contributed by atoms with E-state index in [0.29, 0.717) is 0 Å². The molecule has 0 fully saturated rings. The van der Waals surface area contributed by atoms with Gasteiger partial charge in [-0.2, -0.15) is 8.42 Å². The average molecular weight is 277 g/mol. The monoisotopic (exact) mass is 277 g/mol. The van der Waals surface area contributed by atoms with Crippen LogP contribution >= 0.6 is 0 Å². The van der Waals surface area contributed by atoms with Gasteiger partial charge in [0.05, 0.1) is 0 Å². The molecule has 2 aromatic rings. The predicted molar refractivity (Wildman–Crippen MR) is 62.0 cm³/mol. The molecule has 0 heterocycles. The first-order valence-corrected chi connectivity index (χ1v) is 5.94. The molecule has 8 heteroatoms. The fourth-order valence-electron chi connectivity index (χ4n) is 1.60. The molecule has 0 spiro atoms. The summed E-state index contributed by atoms with van der Waals surface area (Å²) in [5.41, 5.74) is -0.434. The van der Waals surface area contributed by atoms with Crippen LogP contribution < -0.4 is 29.6 Å². The molecule has 0 aromatic heterocycles. The fraction of sp³-hybridized carbons (Fsp3) is 0. The largest absolute Gasteiger partial charge is 1.00 e. The summed E-state index contributed by atoms with van der Waals surface area (Å²) < 4.78 is 31.4. The summed E-state index contributed by atoms with van der Waals surface area (Å²) in [5, 5.41) is 12.4. The molecule has 0 saturated carbocycles. The Kier molecular flexibility index (Phi) is 4.46. The van der Waals surface area contributed by atoms with Crippen LogP contribution in [-0.4, -0.2) is 18.1 Å². The van der Waals surface area contributed by atoms with Crippen molar-refractivity contribution in [2.75, 3.05) is 0 Å². The van der Waals surface area contributed by atoms with Crippen LogP contribution in [0.5, 0.6) is 5.75 Å². The predicted octanol–water partition coefficient (Wildman–Crippen LogP) is -0.693. The number of nitroso groups, excluding NO2 is 1. The van der Waals surface area contributed by atoms with E-state index in [0.717, 1.165) is 6.07 Å². The van der Waals surface area contributed by atoms with Gasteiger partial charge < -0.3 is 6.53 Å². The first-order valence-electron chi connectivity index (χ1n) is 4.50. The van der Waals surface area contributed by atoms with Crippen LogP contribution in [0.4, 0.5) is 5.69 Å². The van der Waals surface area contributed by atoms with Crippen molar-refractivity contribution in [2.45, 2.75) is 4.90 Å². The van der Waals surface area contributed by atoms with E-state index in [9.17, 15) is 18.4 Å². The number of benzene rings is 2. The molecule has 2 N–H and O–H groups in total. The number of rotatable bonds is 2. The average Bonchev–Trinajstić information content (AvgIpc) is 2.28. The number of nitrogens with zero attached hydrogens (tertiary/aromatic N) is 1. The number of phenolic OH excluding ortho intramolecular Hbond substituents is 1. The van der Waals surface area contributed by atoms with Gasteiger partial charge in [0.25, 0.3) is 10.1 Å². The van der Waals surface area contributed by atoms with E-state index in [1.807, 2.05) is 0 Å². The van der Waals surface area contributed by atoms with Gasteiger partial charge in [-0.3, -0.25) is 4.55 Å². The normalized spacial score (nSPS) is 10.9. The van der Waals surface area contributed by atoms with Crippen molar-refractivity contribution in [3.63, 3.8) is 0 Å². The fourth-order valence-corrected chi connectivity index (χ4v) is 2.31. The van der Waals surface area contributed by atoms with Gasteiger partial charge >= 0.3 is 29.6 Å². The second-order valence-corrected chi connectivity index (χ2v) is 4.74. The van der Waals surface area contributed by atoms with Gasteiger partial charge in [-0.25, -0.2) is 0 Å². The third-order valence-corrected chi connectivity index (χ3v) is 3.23. The second kappa shape index (κ2) is 5.33. The van der Waals surface area contributed by atoms with Crippen molar-refractivity contribution in [2.24, 2.45) is 5.18 Å². The number of hydrogen-bond donors (Lipinski definition) is 2. The summed E-state index contributed by atoms with van der Waals surface area (Å²) in [5.74, 6) is -0.414. The van der Waals surface area contributed by atoms with Crippen LogP contribution in [0.3, 0.4) is 0 Å². The minimum atomic E-state index is -4.49. The number of fused-ring (bicyclic) bond motifs is 1. The van der Waals surface area contributed by atoms with Crippen LogP contribution in [0.15, 0.2) is 40.4 Å². The Morgan fingerprint density at radius 1 is 1.17 bits per heavy atom. The smallest absolute Gasteiger partial charge is 1.00 e. The van der Waals surface area contributed by atoms with Crippen molar-refractivity contribution in [3.05, 3.63) is 35.2 Å². The Labute approximate surface area is 126 Å². The van der Waals surface area contributed by atoms with Crippen molar-refractivity contribution < 1.29 is 49.1 Å². The van der Waals surface area contributed by atoms with Gasteiger partial charge in [0.2, 0.25) is 0 Å². The number of hydrogen-bond acceptors (Lipinski definition) is 5. The Morgan fingerprint density at radius 2 is 1.72 bits per heavy atom. The molecule has 18 heavy (non-hydrogen) atoms. The van der Waals surface area contributed by atoms with E-state index in [1.165, 1.54) is 12.1 Å². The van der Waals surface area contributed by atoms with Gasteiger partial charge in [0.1, 0.15) is 4.90 Å². The van der Waals surface area contributed by atoms with Gasteiger partial charge in [0.15, 0.2) is 11.4 Å². The molecular weight excluding hydrogens is 269 g/mol. The Balaban J connectivity index is 0.00000162. The van der Waals surface area contributed by atoms with E-state index in [-0.39, 0.29) is 41.8 Å². The van der Waals surface area contributed by atoms with Gasteiger partial charge in [-0.05, 0) is 11.2 Å². The van der Waals surface area contributed by atoms with Crippen LogP contribution in [0.25, 0.3) is 10.8 Å². The molecule has 2 rings (SSSR count). The zero-order valence-corrected chi connectivity index (χ0v) is 12.2. The van der Waals surface area contributed by atoms with Gasteiger partial charge in [0, 0.05) is 10.8 Å². The summed E-state index contributed by atoms with van der Waals surface area (Å²) in [4.78, 5) is 10.0. The molecule has 2 aromatic carbocycles. The standard InChI is InChI=1S/C10H7NO5S.Na.H/c12-10-7-4-2-1-3-6(7)9(17(14,15)16)5-8(10)11-13;;/h1-5,12H,(H,14,15,16);;/q;+1;-1. The quantitative estimate of drug-likeness (QED) is 0.429. The molecular formula is C10H8NNaO5S. The molecule has 0 radical (unpaired) electrons. The van der Waals surface area contributed by atoms with E-state index >= 15 is 0 Å². The van der Waals surface area contributed by atoms with Crippen LogP contribution in [0, 0.1) is 4.91 Å². The summed E-state index contributed by atoms with van der Waals surface area (Å²) in [7, 11) is -4.49. The van der Waals surface area contributed by atoms with Crippen molar-refractivity contribution in [3.8, 4) is 5.75 Å². The third kappa shape index (κ3) is 2.55.